The van der Waals surface area contributed by atoms with Crippen molar-refractivity contribution in [2.45, 2.75) is 32.6 Å². The molecule has 2 heterocycles. The summed E-state index contributed by atoms with van der Waals surface area (Å²) in [4.78, 5) is 12.6. The second-order valence-electron chi connectivity index (χ2n) is 5.42. The Morgan fingerprint density at radius 2 is 2.00 bits per heavy atom. The van der Waals surface area contributed by atoms with Crippen molar-refractivity contribution in [3.8, 4) is 0 Å². The van der Waals surface area contributed by atoms with E-state index < -0.39 is 0 Å². The van der Waals surface area contributed by atoms with E-state index in [1.807, 2.05) is 17.9 Å². The lowest BCUT2D eigenvalue weighted by atomic mass is 9.86. The highest BCUT2D eigenvalue weighted by Crippen LogP contribution is 2.36. The van der Waals surface area contributed by atoms with Crippen molar-refractivity contribution in [1.82, 2.24) is 4.90 Å². The molecule has 1 fully saturated rings. The van der Waals surface area contributed by atoms with Crippen LogP contribution in [0.5, 0.6) is 0 Å². The molecule has 0 unspecified atom stereocenters. The summed E-state index contributed by atoms with van der Waals surface area (Å²) in [5, 5.41) is 1.28. The van der Waals surface area contributed by atoms with Crippen LogP contribution in [-0.2, 0) is 4.79 Å². The summed E-state index contributed by atoms with van der Waals surface area (Å²) < 4.78 is 5.81. The minimum Gasteiger partial charge on any atom is -0.461 e. The number of rotatable bonds is 2. The van der Waals surface area contributed by atoms with Gasteiger partial charge in [-0.25, -0.2) is 0 Å². The van der Waals surface area contributed by atoms with E-state index >= 15 is 0 Å². The maximum Gasteiger partial charge on any atom is 0.209 e. The average Bonchev–Trinajstić information content (AvgIpc) is 2.74. The highest BCUT2D eigenvalue weighted by Gasteiger charge is 2.23. The van der Waals surface area contributed by atoms with Crippen molar-refractivity contribution in [2.24, 2.45) is 0 Å². The highest BCUT2D eigenvalue weighted by molar-refractivity contribution is 5.86. The Hall–Kier alpha value is -1.77. The number of furan rings is 1. The van der Waals surface area contributed by atoms with Gasteiger partial charge in [0.15, 0.2) is 0 Å². The van der Waals surface area contributed by atoms with Crippen LogP contribution in [0.4, 0.5) is 0 Å². The van der Waals surface area contributed by atoms with Crippen LogP contribution < -0.4 is 0 Å². The van der Waals surface area contributed by atoms with Crippen molar-refractivity contribution in [1.29, 1.82) is 0 Å². The van der Waals surface area contributed by atoms with Crippen LogP contribution >= 0.6 is 0 Å². The van der Waals surface area contributed by atoms with Gasteiger partial charge in [-0.2, -0.15) is 0 Å². The van der Waals surface area contributed by atoms with Crippen molar-refractivity contribution >= 4 is 17.4 Å². The smallest absolute Gasteiger partial charge is 0.209 e. The standard InChI is InChI=1S/C16H19NO2/c1-11-12(2)19-15-5-3-4-14(16(11)15)13-6-8-17(10-18)9-7-13/h3-5,10,13H,6-9H2,1-2H3. The zero-order chi connectivity index (χ0) is 13.4. The predicted molar refractivity (Wildman–Crippen MR) is 75.3 cm³/mol. The molecule has 0 aliphatic carbocycles. The van der Waals surface area contributed by atoms with Crippen molar-refractivity contribution in [2.75, 3.05) is 13.1 Å². The number of fused-ring (bicyclic) bond motifs is 1. The maximum absolute atomic E-state index is 10.8. The average molecular weight is 257 g/mol. The van der Waals surface area contributed by atoms with Gasteiger partial charge in [-0.3, -0.25) is 4.79 Å². The van der Waals surface area contributed by atoms with Crippen LogP contribution in [0.15, 0.2) is 22.6 Å². The van der Waals surface area contributed by atoms with E-state index in [9.17, 15) is 4.79 Å². The summed E-state index contributed by atoms with van der Waals surface area (Å²) in [6.45, 7) is 5.88. The lowest BCUT2D eigenvalue weighted by Gasteiger charge is -2.29. The van der Waals surface area contributed by atoms with Gasteiger partial charge in [-0.1, -0.05) is 12.1 Å². The molecular weight excluding hydrogens is 238 g/mol. The minimum atomic E-state index is 0.538. The third kappa shape index (κ3) is 2.03. The van der Waals surface area contributed by atoms with E-state index in [-0.39, 0.29) is 0 Å². The summed E-state index contributed by atoms with van der Waals surface area (Å²) in [6, 6.07) is 6.33. The molecule has 0 spiro atoms. The Balaban J connectivity index is 1.99. The van der Waals surface area contributed by atoms with E-state index in [2.05, 4.69) is 19.1 Å². The summed E-state index contributed by atoms with van der Waals surface area (Å²) in [5.74, 6) is 1.54. The minimum absolute atomic E-state index is 0.538. The number of hydrogen-bond acceptors (Lipinski definition) is 2. The van der Waals surface area contributed by atoms with E-state index in [4.69, 9.17) is 4.42 Å². The molecular formula is C16H19NO2. The second kappa shape index (κ2) is 4.72. The molecule has 1 aromatic heterocycles. The fraction of sp³-hybridized carbons (Fsp3) is 0.438. The molecule has 1 aromatic carbocycles. The van der Waals surface area contributed by atoms with Crippen LogP contribution in [0.3, 0.4) is 0 Å². The molecule has 0 N–H and O–H groups in total. The number of likely N-dealkylation sites (tertiary alicyclic amines) is 1. The number of carbonyl (C=O) groups is 1. The molecule has 0 radical (unpaired) electrons. The van der Waals surface area contributed by atoms with Crippen LogP contribution in [-0.4, -0.2) is 24.4 Å². The molecule has 1 aliphatic heterocycles. The monoisotopic (exact) mass is 257 g/mol. The molecule has 0 bridgehead atoms. The summed E-state index contributed by atoms with van der Waals surface area (Å²) in [6.07, 6.45) is 3.05. The highest BCUT2D eigenvalue weighted by atomic mass is 16.3. The van der Waals surface area contributed by atoms with Gasteiger partial charge in [-0.15, -0.1) is 0 Å². The Kier molecular flexibility index (Phi) is 3.05. The second-order valence-corrected chi connectivity index (χ2v) is 5.42. The van der Waals surface area contributed by atoms with Crippen LogP contribution in [0.1, 0.15) is 35.6 Å². The number of nitrogens with zero attached hydrogens (tertiary/aromatic N) is 1. The van der Waals surface area contributed by atoms with Gasteiger partial charge in [0, 0.05) is 18.5 Å². The van der Waals surface area contributed by atoms with Gasteiger partial charge in [-0.05, 0) is 49.8 Å². The van der Waals surface area contributed by atoms with Crippen LogP contribution in [0.2, 0.25) is 0 Å². The number of piperidine rings is 1. The third-order valence-corrected chi connectivity index (χ3v) is 4.34. The van der Waals surface area contributed by atoms with Gasteiger partial charge >= 0.3 is 0 Å². The molecule has 0 saturated carbocycles. The Morgan fingerprint density at radius 3 is 2.68 bits per heavy atom. The number of hydrogen-bond donors (Lipinski definition) is 0. The van der Waals surface area contributed by atoms with Crippen molar-refractivity contribution in [3.63, 3.8) is 0 Å². The van der Waals surface area contributed by atoms with Crippen molar-refractivity contribution in [3.05, 3.63) is 35.1 Å². The summed E-state index contributed by atoms with van der Waals surface area (Å²) >= 11 is 0. The van der Waals surface area contributed by atoms with Crippen molar-refractivity contribution < 1.29 is 9.21 Å². The SMILES string of the molecule is Cc1oc2cccc(C3CCN(C=O)CC3)c2c1C. The zero-order valence-corrected chi connectivity index (χ0v) is 11.5. The first-order chi connectivity index (χ1) is 9.20. The topological polar surface area (TPSA) is 33.5 Å². The van der Waals surface area contributed by atoms with Crippen LogP contribution in [0.25, 0.3) is 11.0 Å². The largest absolute Gasteiger partial charge is 0.461 e. The molecule has 100 valence electrons. The quantitative estimate of drug-likeness (QED) is 0.773. The fourth-order valence-corrected chi connectivity index (χ4v) is 3.11. The molecule has 3 nitrogen and oxygen atoms in total. The number of carbonyl (C=O) groups excluding carboxylic acids is 1. The zero-order valence-electron chi connectivity index (χ0n) is 11.5. The normalized spacial score (nSPS) is 17.1. The van der Waals surface area contributed by atoms with E-state index in [0.29, 0.717) is 5.92 Å². The number of amides is 1. The molecule has 2 aromatic rings. The molecule has 3 rings (SSSR count). The van der Waals surface area contributed by atoms with E-state index in [0.717, 1.165) is 43.7 Å². The van der Waals surface area contributed by atoms with Gasteiger partial charge < -0.3 is 9.32 Å². The van der Waals surface area contributed by atoms with Gasteiger partial charge in [0.05, 0.1) is 0 Å². The number of aryl methyl sites for hydroxylation is 2. The first kappa shape index (κ1) is 12.3. The summed E-state index contributed by atoms with van der Waals surface area (Å²) in [7, 11) is 0. The Bertz CT molecular complexity index is 606. The van der Waals surface area contributed by atoms with E-state index in [1.165, 1.54) is 16.5 Å². The van der Waals surface area contributed by atoms with Gasteiger partial charge in [0.25, 0.3) is 0 Å². The van der Waals surface area contributed by atoms with E-state index in [1.54, 1.807) is 0 Å². The van der Waals surface area contributed by atoms with Gasteiger partial charge in [0.1, 0.15) is 11.3 Å². The fourth-order valence-electron chi connectivity index (χ4n) is 3.11. The first-order valence-corrected chi connectivity index (χ1v) is 6.88. The molecule has 1 saturated heterocycles. The predicted octanol–water partition coefficient (Wildman–Crippen LogP) is 3.39. The Morgan fingerprint density at radius 1 is 1.26 bits per heavy atom. The lowest BCUT2D eigenvalue weighted by Crippen LogP contribution is -2.31. The molecule has 1 aliphatic rings. The Labute approximate surface area is 113 Å². The molecule has 3 heteroatoms. The molecule has 19 heavy (non-hydrogen) atoms. The maximum atomic E-state index is 10.8. The molecule has 0 atom stereocenters. The lowest BCUT2D eigenvalue weighted by molar-refractivity contribution is -0.119. The summed E-state index contributed by atoms with van der Waals surface area (Å²) in [5.41, 5.74) is 3.63. The number of benzene rings is 1. The third-order valence-electron chi connectivity index (χ3n) is 4.34. The van der Waals surface area contributed by atoms with Gasteiger partial charge in [0.2, 0.25) is 6.41 Å². The first-order valence-electron chi connectivity index (χ1n) is 6.88. The van der Waals surface area contributed by atoms with Crippen LogP contribution in [0, 0.1) is 13.8 Å². The molecule has 1 amide bonds.